The van der Waals surface area contributed by atoms with E-state index in [0.29, 0.717) is 19.6 Å². The number of nitrogens with zero attached hydrogens (tertiary/aromatic N) is 2. The van der Waals surface area contributed by atoms with Crippen LogP contribution in [0.3, 0.4) is 0 Å². The highest BCUT2D eigenvalue weighted by atomic mass is 79.9. The Kier molecular flexibility index (Phi) is 7.13. The predicted molar refractivity (Wildman–Crippen MR) is 112 cm³/mol. The number of halogens is 1. The highest BCUT2D eigenvalue weighted by Gasteiger charge is 2.12. The lowest BCUT2D eigenvalue weighted by atomic mass is 10.1. The van der Waals surface area contributed by atoms with Gasteiger partial charge in [0.15, 0.2) is 0 Å². The van der Waals surface area contributed by atoms with Gasteiger partial charge in [-0.05, 0) is 67.4 Å². The summed E-state index contributed by atoms with van der Waals surface area (Å²) in [7, 11) is -3.47. The van der Waals surface area contributed by atoms with Crippen LogP contribution in [0.2, 0.25) is 0 Å². The van der Waals surface area contributed by atoms with E-state index in [1.165, 1.54) is 6.33 Å². The Morgan fingerprint density at radius 1 is 0.964 bits per heavy atom. The van der Waals surface area contributed by atoms with Crippen molar-refractivity contribution in [2.75, 3.05) is 13.2 Å². The second-order valence-corrected chi connectivity index (χ2v) is 8.71. The van der Waals surface area contributed by atoms with E-state index < -0.39 is 10.0 Å². The number of ether oxygens (including phenoxy) is 1. The zero-order chi connectivity index (χ0) is 19.8. The quantitative estimate of drug-likeness (QED) is 0.486. The molecule has 0 aliphatic rings. The van der Waals surface area contributed by atoms with Gasteiger partial charge < -0.3 is 4.74 Å². The molecule has 0 spiro atoms. The zero-order valence-electron chi connectivity index (χ0n) is 15.1. The third-order valence-corrected chi connectivity index (χ3v) is 5.99. The summed E-state index contributed by atoms with van der Waals surface area (Å²) in [6.07, 6.45) is 4.66. The number of unbranched alkanes of at least 4 members (excludes halogenated alkanes) is 1. The fourth-order valence-electron chi connectivity index (χ4n) is 2.50. The topological polar surface area (TPSA) is 81.2 Å². The lowest BCUT2D eigenvalue weighted by molar-refractivity contribution is 0.307. The van der Waals surface area contributed by atoms with E-state index in [2.05, 4.69) is 30.6 Å². The summed E-state index contributed by atoms with van der Waals surface area (Å²) in [5.74, 6) is 0.772. The fourth-order valence-corrected chi connectivity index (χ4v) is 3.84. The smallest absolute Gasteiger partial charge is 0.240 e. The van der Waals surface area contributed by atoms with Crippen molar-refractivity contribution in [2.24, 2.45) is 0 Å². The molecule has 1 aromatic heterocycles. The number of hydrogen-bond donors (Lipinski definition) is 1. The lowest BCUT2D eigenvalue weighted by Gasteiger charge is -2.09. The number of hydrogen-bond acceptors (Lipinski definition) is 5. The van der Waals surface area contributed by atoms with Crippen molar-refractivity contribution < 1.29 is 13.2 Å². The third-order valence-electron chi connectivity index (χ3n) is 3.99. The summed E-state index contributed by atoms with van der Waals surface area (Å²) in [6, 6.07) is 16.1. The summed E-state index contributed by atoms with van der Waals surface area (Å²) in [5, 5.41) is 0. The Hall–Kier alpha value is -2.29. The predicted octanol–water partition coefficient (Wildman–Crippen LogP) is 4.04. The van der Waals surface area contributed by atoms with Crippen LogP contribution < -0.4 is 9.46 Å². The van der Waals surface area contributed by atoms with Crippen molar-refractivity contribution in [1.82, 2.24) is 14.7 Å². The molecule has 0 aliphatic heterocycles. The van der Waals surface area contributed by atoms with Crippen molar-refractivity contribution in [3.8, 4) is 17.0 Å². The second kappa shape index (κ2) is 9.77. The molecule has 146 valence electrons. The van der Waals surface area contributed by atoms with Gasteiger partial charge in [0.05, 0.1) is 17.2 Å². The van der Waals surface area contributed by atoms with E-state index in [9.17, 15) is 8.42 Å². The van der Waals surface area contributed by atoms with Gasteiger partial charge >= 0.3 is 0 Å². The van der Waals surface area contributed by atoms with Crippen molar-refractivity contribution in [2.45, 2.75) is 17.7 Å². The first-order valence-corrected chi connectivity index (χ1v) is 11.1. The van der Waals surface area contributed by atoms with Gasteiger partial charge in [-0.15, -0.1) is 0 Å². The highest BCUT2D eigenvalue weighted by Crippen LogP contribution is 2.20. The number of aromatic nitrogens is 2. The zero-order valence-corrected chi connectivity index (χ0v) is 17.5. The first kappa shape index (κ1) is 20.4. The van der Waals surface area contributed by atoms with Gasteiger partial charge in [-0.2, -0.15) is 0 Å². The molecule has 0 fully saturated rings. The van der Waals surface area contributed by atoms with Gasteiger partial charge in [0.1, 0.15) is 12.1 Å². The van der Waals surface area contributed by atoms with E-state index in [1.807, 2.05) is 30.3 Å². The van der Waals surface area contributed by atoms with Gasteiger partial charge in [-0.1, -0.05) is 15.9 Å². The van der Waals surface area contributed by atoms with Crippen LogP contribution in [-0.2, 0) is 10.0 Å². The maximum absolute atomic E-state index is 12.2. The van der Waals surface area contributed by atoms with Crippen molar-refractivity contribution in [3.05, 3.63) is 71.6 Å². The molecule has 0 amide bonds. The standard InChI is InChI=1S/C20H20BrN3O3S/c21-17-5-9-19(10-6-17)28(25,26)24-12-1-2-14-27-18-7-3-16(4-8-18)20-11-13-22-15-23-20/h3-11,13,15,24H,1-2,12,14H2. The van der Waals surface area contributed by atoms with Gasteiger partial charge in [0, 0.05) is 22.8 Å². The molecule has 6 nitrogen and oxygen atoms in total. The van der Waals surface area contributed by atoms with Gasteiger partial charge in [-0.25, -0.2) is 23.1 Å². The van der Waals surface area contributed by atoms with Crippen LogP contribution in [0.1, 0.15) is 12.8 Å². The second-order valence-electron chi connectivity index (χ2n) is 6.03. The Labute approximate surface area is 173 Å². The minimum absolute atomic E-state index is 0.260. The van der Waals surface area contributed by atoms with Crippen molar-refractivity contribution >= 4 is 26.0 Å². The maximum Gasteiger partial charge on any atom is 0.240 e. The van der Waals surface area contributed by atoms with E-state index in [4.69, 9.17) is 4.74 Å². The molecule has 28 heavy (non-hydrogen) atoms. The van der Waals surface area contributed by atoms with E-state index >= 15 is 0 Å². The molecular weight excluding hydrogens is 442 g/mol. The molecule has 0 radical (unpaired) electrons. The van der Waals surface area contributed by atoms with Gasteiger partial charge in [0.2, 0.25) is 10.0 Å². The minimum Gasteiger partial charge on any atom is -0.494 e. The third kappa shape index (κ3) is 5.85. The Bertz CT molecular complexity index is 979. The number of benzene rings is 2. The first-order chi connectivity index (χ1) is 13.5. The van der Waals surface area contributed by atoms with E-state index in [-0.39, 0.29) is 4.90 Å². The molecule has 2 aromatic carbocycles. The number of rotatable bonds is 9. The molecule has 0 atom stereocenters. The van der Waals surface area contributed by atoms with Gasteiger partial charge in [0.25, 0.3) is 0 Å². The van der Waals surface area contributed by atoms with E-state index in [1.54, 1.807) is 30.5 Å². The summed E-state index contributed by atoms with van der Waals surface area (Å²) < 4.78 is 33.5. The van der Waals surface area contributed by atoms with Crippen molar-refractivity contribution in [1.29, 1.82) is 0 Å². The number of nitrogens with one attached hydrogen (secondary N) is 1. The molecule has 0 unspecified atom stereocenters. The summed E-state index contributed by atoms with van der Waals surface area (Å²) in [4.78, 5) is 8.38. The Morgan fingerprint density at radius 2 is 1.71 bits per heavy atom. The van der Waals surface area contributed by atoms with Crippen LogP contribution in [0, 0.1) is 0 Å². The molecule has 0 aliphatic carbocycles. The van der Waals surface area contributed by atoms with Crippen LogP contribution >= 0.6 is 15.9 Å². The monoisotopic (exact) mass is 461 g/mol. The van der Waals surface area contributed by atoms with Crippen LogP contribution in [0.15, 0.2) is 76.5 Å². The molecule has 8 heteroatoms. The maximum atomic E-state index is 12.2. The fraction of sp³-hybridized carbons (Fsp3) is 0.200. The minimum atomic E-state index is -3.47. The highest BCUT2D eigenvalue weighted by molar-refractivity contribution is 9.10. The molecule has 1 heterocycles. The molecule has 0 bridgehead atoms. The first-order valence-electron chi connectivity index (χ1n) is 8.79. The Morgan fingerprint density at radius 3 is 2.39 bits per heavy atom. The molecule has 0 saturated heterocycles. The largest absolute Gasteiger partial charge is 0.494 e. The summed E-state index contributed by atoms with van der Waals surface area (Å²) in [5.41, 5.74) is 1.86. The van der Waals surface area contributed by atoms with Crippen LogP contribution in [0.25, 0.3) is 11.3 Å². The average Bonchev–Trinajstić information content (AvgIpc) is 2.72. The lowest BCUT2D eigenvalue weighted by Crippen LogP contribution is -2.25. The SMILES string of the molecule is O=S(=O)(NCCCCOc1ccc(-c2ccncn2)cc1)c1ccc(Br)cc1. The van der Waals surface area contributed by atoms with Crippen molar-refractivity contribution in [3.63, 3.8) is 0 Å². The summed E-state index contributed by atoms with van der Waals surface area (Å²) in [6.45, 7) is 0.890. The van der Waals surface area contributed by atoms with Crippen LogP contribution in [0.5, 0.6) is 5.75 Å². The number of sulfonamides is 1. The van der Waals surface area contributed by atoms with Gasteiger partial charge in [-0.3, -0.25) is 0 Å². The molecule has 3 aromatic rings. The normalized spacial score (nSPS) is 11.3. The van der Waals surface area contributed by atoms with Crippen LogP contribution in [-0.4, -0.2) is 31.5 Å². The van der Waals surface area contributed by atoms with E-state index in [0.717, 1.165) is 27.9 Å². The molecular formula is C20H20BrN3O3S. The van der Waals surface area contributed by atoms with Crippen LogP contribution in [0.4, 0.5) is 0 Å². The average molecular weight is 462 g/mol. The summed E-state index contributed by atoms with van der Waals surface area (Å²) >= 11 is 3.29. The molecule has 1 N–H and O–H groups in total. The molecule has 3 rings (SSSR count). The Balaban J connectivity index is 1.38. The molecule has 0 saturated carbocycles.